The summed E-state index contributed by atoms with van der Waals surface area (Å²) in [6.07, 6.45) is 1.65. The number of hydrogen-bond acceptors (Lipinski definition) is 2. The molecule has 3 nitrogen and oxygen atoms in total. The Balaban J connectivity index is 2.93. The molecule has 0 aromatic carbocycles. The predicted octanol–water partition coefficient (Wildman–Crippen LogP) is 1.47. The largest absolute Gasteiger partial charge is 0.354 e. The molecule has 1 amide bonds. The van der Waals surface area contributed by atoms with Gasteiger partial charge in [0.2, 0.25) is 0 Å². The van der Waals surface area contributed by atoms with Crippen LogP contribution in [0.3, 0.4) is 0 Å². The average molecular weight is 176 g/mol. The van der Waals surface area contributed by atoms with E-state index in [0.717, 1.165) is 11.1 Å². The Morgan fingerprint density at radius 3 is 2.62 bits per heavy atom. The molecule has 1 N–H and O–H groups in total. The maximum Gasteiger partial charge on any atom is 0.269 e. The van der Waals surface area contributed by atoms with Gasteiger partial charge in [0.1, 0.15) is 5.69 Å². The van der Waals surface area contributed by atoms with Gasteiger partial charge in [-0.05, 0) is 24.1 Å². The lowest BCUT2D eigenvalue weighted by Crippen LogP contribution is -2.18. The number of carbonyl (C=O) groups is 1. The number of carbonyl (C=O) groups excluding carboxylic acids is 1. The van der Waals surface area contributed by atoms with Gasteiger partial charge in [0.25, 0.3) is 5.91 Å². The molecule has 0 spiro atoms. The number of amides is 1. The fourth-order valence-corrected chi connectivity index (χ4v) is 0.909. The van der Waals surface area contributed by atoms with Gasteiger partial charge in [-0.3, -0.25) is 9.78 Å². The van der Waals surface area contributed by atoms with E-state index in [-0.39, 0.29) is 5.91 Å². The van der Waals surface area contributed by atoms with Crippen molar-refractivity contribution in [1.29, 1.82) is 0 Å². The summed E-state index contributed by atoms with van der Waals surface area (Å²) >= 11 is 0. The highest BCUT2D eigenvalue weighted by Crippen LogP contribution is 2.09. The first kappa shape index (κ1) is 9.45. The number of pyridine rings is 1. The lowest BCUT2D eigenvalue weighted by molar-refractivity contribution is 0.0958. The van der Waals surface area contributed by atoms with Gasteiger partial charge in [-0.1, -0.05) is 12.6 Å². The van der Waals surface area contributed by atoms with Crippen LogP contribution in [0, 0.1) is 0 Å². The van der Waals surface area contributed by atoms with E-state index < -0.39 is 0 Å². The predicted molar refractivity (Wildman–Crippen MR) is 52.3 cm³/mol. The molecule has 0 bridgehead atoms. The summed E-state index contributed by atoms with van der Waals surface area (Å²) in [6.45, 7) is 5.68. The Labute approximate surface area is 77.5 Å². The second-order valence-electron chi connectivity index (χ2n) is 2.79. The van der Waals surface area contributed by atoms with Crippen LogP contribution in [0.15, 0.2) is 24.9 Å². The summed E-state index contributed by atoms with van der Waals surface area (Å²) in [5, 5.41) is 2.51. The van der Waals surface area contributed by atoms with Crippen LogP contribution < -0.4 is 5.32 Å². The molecule has 0 unspecified atom stereocenters. The van der Waals surface area contributed by atoms with Crippen molar-refractivity contribution in [1.82, 2.24) is 10.3 Å². The molecule has 0 aliphatic rings. The zero-order valence-corrected chi connectivity index (χ0v) is 7.79. The number of rotatable bonds is 2. The van der Waals surface area contributed by atoms with Crippen LogP contribution in [0.25, 0.3) is 5.57 Å². The first-order chi connectivity index (χ1) is 6.15. The molecule has 0 aliphatic carbocycles. The maximum atomic E-state index is 11.1. The molecule has 1 rings (SSSR count). The zero-order chi connectivity index (χ0) is 9.84. The molecule has 0 radical (unpaired) electrons. The van der Waals surface area contributed by atoms with Crippen molar-refractivity contribution in [3.8, 4) is 0 Å². The molecule has 0 saturated heterocycles. The van der Waals surface area contributed by atoms with Gasteiger partial charge in [0, 0.05) is 13.2 Å². The number of nitrogens with zero attached hydrogens (tertiary/aromatic N) is 1. The summed E-state index contributed by atoms with van der Waals surface area (Å²) in [7, 11) is 1.58. The second-order valence-corrected chi connectivity index (χ2v) is 2.79. The van der Waals surface area contributed by atoms with E-state index in [1.165, 1.54) is 0 Å². The van der Waals surface area contributed by atoms with Crippen LogP contribution >= 0.6 is 0 Å². The van der Waals surface area contributed by atoms with Gasteiger partial charge in [-0.25, -0.2) is 0 Å². The minimum Gasteiger partial charge on any atom is -0.354 e. The van der Waals surface area contributed by atoms with E-state index in [4.69, 9.17) is 0 Å². The highest BCUT2D eigenvalue weighted by atomic mass is 16.1. The summed E-state index contributed by atoms with van der Waals surface area (Å²) < 4.78 is 0. The Morgan fingerprint density at radius 1 is 1.54 bits per heavy atom. The molecule has 1 heterocycles. The van der Waals surface area contributed by atoms with Crippen LogP contribution in [-0.2, 0) is 0 Å². The summed E-state index contributed by atoms with van der Waals surface area (Å²) in [5.74, 6) is -0.173. The molecule has 68 valence electrons. The highest BCUT2D eigenvalue weighted by molar-refractivity contribution is 5.92. The van der Waals surface area contributed by atoms with Gasteiger partial charge in [-0.15, -0.1) is 0 Å². The van der Waals surface area contributed by atoms with E-state index in [2.05, 4.69) is 16.9 Å². The van der Waals surface area contributed by atoms with Crippen LogP contribution in [0.5, 0.6) is 0 Å². The van der Waals surface area contributed by atoms with Crippen molar-refractivity contribution >= 4 is 11.5 Å². The van der Waals surface area contributed by atoms with E-state index in [1.54, 1.807) is 19.3 Å². The summed E-state index contributed by atoms with van der Waals surface area (Å²) in [5.41, 5.74) is 2.32. The molecular formula is C10H12N2O. The van der Waals surface area contributed by atoms with Gasteiger partial charge in [0.05, 0.1) is 0 Å². The fourth-order valence-electron chi connectivity index (χ4n) is 0.909. The molecule has 0 aliphatic heterocycles. The third-order valence-corrected chi connectivity index (χ3v) is 1.72. The van der Waals surface area contributed by atoms with Crippen LogP contribution in [0.4, 0.5) is 0 Å². The van der Waals surface area contributed by atoms with E-state index >= 15 is 0 Å². The third-order valence-electron chi connectivity index (χ3n) is 1.72. The van der Waals surface area contributed by atoms with Crippen molar-refractivity contribution in [2.45, 2.75) is 6.92 Å². The summed E-state index contributed by atoms with van der Waals surface area (Å²) in [4.78, 5) is 15.1. The van der Waals surface area contributed by atoms with Crippen LogP contribution in [0.1, 0.15) is 23.0 Å². The van der Waals surface area contributed by atoms with Gasteiger partial charge < -0.3 is 5.32 Å². The number of aromatic nitrogens is 1. The monoisotopic (exact) mass is 176 g/mol. The van der Waals surface area contributed by atoms with Crippen molar-refractivity contribution in [2.24, 2.45) is 0 Å². The van der Waals surface area contributed by atoms with Crippen molar-refractivity contribution in [3.63, 3.8) is 0 Å². The first-order valence-corrected chi connectivity index (χ1v) is 3.99. The number of nitrogens with one attached hydrogen (secondary N) is 1. The highest BCUT2D eigenvalue weighted by Gasteiger charge is 2.03. The van der Waals surface area contributed by atoms with Crippen molar-refractivity contribution < 1.29 is 4.79 Å². The fraction of sp³-hybridized carbons (Fsp3) is 0.200. The molecule has 0 atom stereocenters. The Bertz CT molecular complexity index is 327. The van der Waals surface area contributed by atoms with Crippen molar-refractivity contribution in [2.75, 3.05) is 7.05 Å². The van der Waals surface area contributed by atoms with Gasteiger partial charge in [-0.2, -0.15) is 0 Å². The number of allylic oxidation sites excluding steroid dienone is 1. The lowest BCUT2D eigenvalue weighted by atomic mass is 10.1. The minimum absolute atomic E-state index is 0.173. The lowest BCUT2D eigenvalue weighted by Gasteiger charge is -2.00. The van der Waals surface area contributed by atoms with Crippen LogP contribution in [0.2, 0.25) is 0 Å². The Kier molecular flexibility index (Phi) is 2.80. The third kappa shape index (κ3) is 2.15. The molecular weight excluding hydrogens is 164 g/mol. The maximum absolute atomic E-state index is 11.1. The van der Waals surface area contributed by atoms with Crippen molar-refractivity contribution in [3.05, 3.63) is 36.2 Å². The standard InChI is InChI=1S/C10H12N2O/c1-7(2)8-4-5-9(12-6-8)10(13)11-3/h4-6H,1H2,2-3H3,(H,11,13). The zero-order valence-electron chi connectivity index (χ0n) is 7.79. The number of hydrogen-bond donors (Lipinski definition) is 1. The first-order valence-electron chi connectivity index (χ1n) is 3.99. The average Bonchev–Trinajstić information content (AvgIpc) is 2.17. The molecule has 3 heteroatoms. The molecule has 13 heavy (non-hydrogen) atoms. The second kappa shape index (κ2) is 3.85. The molecule has 1 aromatic heterocycles. The quantitative estimate of drug-likeness (QED) is 0.741. The normalized spacial score (nSPS) is 9.38. The molecule has 0 saturated carbocycles. The van der Waals surface area contributed by atoms with E-state index in [0.29, 0.717) is 5.69 Å². The van der Waals surface area contributed by atoms with E-state index in [9.17, 15) is 4.79 Å². The van der Waals surface area contributed by atoms with E-state index in [1.807, 2.05) is 13.0 Å². The van der Waals surface area contributed by atoms with Gasteiger partial charge >= 0.3 is 0 Å². The molecule has 0 fully saturated rings. The Hall–Kier alpha value is -1.64. The van der Waals surface area contributed by atoms with Crippen LogP contribution in [-0.4, -0.2) is 17.9 Å². The summed E-state index contributed by atoms with van der Waals surface area (Å²) in [6, 6.07) is 3.52. The topological polar surface area (TPSA) is 42.0 Å². The minimum atomic E-state index is -0.173. The smallest absolute Gasteiger partial charge is 0.269 e. The van der Waals surface area contributed by atoms with Gasteiger partial charge in [0.15, 0.2) is 0 Å². The SMILES string of the molecule is C=C(C)c1ccc(C(=O)NC)nc1. The Morgan fingerprint density at radius 2 is 2.23 bits per heavy atom. The molecule has 1 aromatic rings.